The highest BCUT2D eigenvalue weighted by Crippen LogP contribution is 2.25. The standard InChI is InChI=1S/C17H23NO2/c1-4-12-20-16-10-8-15(9-11-16)17(19)18-13(2)6-5-7-14(18)3/h4,8-11,13-14H,1,5-7,12H2,2-3H3/t13-,14-/m1/s1. The van der Waals surface area contributed by atoms with Crippen molar-refractivity contribution in [2.75, 3.05) is 6.61 Å². The Balaban J connectivity index is 2.09. The first-order chi connectivity index (χ1) is 9.63. The number of carbonyl (C=O) groups excluding carboxylic acids is 1. The van der Waals surface area contributed by atoms with Gasteiger partial charge in [0.2, 0.25) is 0 Å². The van der Waals surface area contributed by atoms with E-state index in [1.807, 2.05) is 29.2 Å². The molecular weight excluding hydrogens is 250 g/mol. The Labute approximate surface area is 121 Å². The summed E-state index contributed by atoms with van der Waals surface area (Å²) in [7, 11) is 0. The highest BCUT2D eigenvalue weighted by atomic mass is 16.5. The van der Waals surface area contributed by atoms with E-state index in [1.165, 1.54) is 6.42 Å². The van der Waals surface area contributed by atoms with Crippen molar-refractivity contribution in [3.63, 3.8) is 0 Å². The van der Waals surface area contributed by atoms with Crippen LogP contribution in [0.1, 0.15) is 43.5 Å². The number of rotatable bonds is 4. The molecule has 2 atom stereocenters. The number of amides is 1. The third-order valence-electron chi connectivity index (χ3n) is 3.90. The van der Waals surface area contributed by atoms with E-state index in [0.717, 1.165) is 24.2 Å². The van der Waals surface area contributed by atoms with Crippen LogP contribution in [0.3, 0.4) is 0 Å². The first kappa shape index (κ1) is 14.6. The van der Waals surface area contributed by atoms with Crippen LogP contribution in [0.5, 0.6) is 5.75 Å². The molecule has 1 heterocycles. The summed E-state index contributed by atoms with van der Waals surface area (Å²) >= 11 is 0. The summed E-state index contributed by atoms with van der Waals surface area (Å²) in [6.45, 7) is 8.36. The van der Waals surface area contributed by atoms with Gasteiger partial charge < -0.3 is 9.64 Å². The fourth-order valence-electron chi connectivity index (χ4n) is 2.82. The summed E-state index contributed by atoms with van der Waals surface area (Å²) in [5.74, 6) is 0.890. The lowest BCUT2D eigenvalue weighted by Gasteiger charge is -2.39. The molecule has 1 amide bonds. The topological polar surface area (TPSA) is 29.5 Å². The Morgan fingerprint density at radius 1 is 1.30 bits per heavy atom. The summed E-state index contributed by atoms with van der Waals surface area (Å²) < 4.78 is 5.43. The van der Waals surface area contributed by atoms with Gasteiger partial charge in [0.25, 0.3) is 5.91 Å². The molecule has 0 N–H and O–H groups in total. The smallest absolute Gasteiger partial charge is 0.254 e. The van der Waals surface area contributed by atoms with Gasteiger partial charge in [0.05, 0.1) is 0 Å². The number of hydrogen-bond acceptors (Lipinski definition) is 2. The lowest BCUT2D eigenvalue weighted by atomic mass is 9.96. The molecule has 3 nitrogen and oxygen atoms in total. The van der Waals surface area contributed by atoms with Crippen LogP contribution in [0.2, 0.25) is 0 Å². The summed E-state index contributed by atoms with van der Waals surface area (Å²) in [4.78, 5) is 14.6. The molecule has 0 unspecified atom stereocenters. The van der Waals surface area contributed by atoms with Crippen LogP contribution in [0.4, 0.5) is 0 Å². The zero-order chi connectivity index (χ0) is 14.5. The highest BCUT2D eigenvalue weighted by molar-refractivity contribution is 5.94. The maximum atomic E-state index is 12.6. The van der Waals surface area contributed by atoms with Gasteiger partial charge in [0.1, 0.15) is 12.4 Å². The Kier molecular flexibility index (Phi) is 4.83. The molecule has 2 rings (SSSR count). The molecule has 0 radical (unpaired) electrons. The molecule has 0 aliphatic carbocycles. The first-order valence-corrected chi connectivity index (χ1v) is 7.30. The van der Waals surface area contributed by atoms with Gasteiger partial charge in [-0.1, -0.05) is 12.7 Å². The van der Waals surface area contributed by atoms with E-state index < -0.39 is 0 Å². The molecule has 3 heteroatoms. The molecule has 0 bridgehead atoms. The fraction of sp³-hybridized carbons (Fsp3) is 0.471. The lowest BCUT2D eigenvalue weighted by Crippen LogP contribution is -2.47. The minimum absolute atomic E-state index is 0.125. The normalized spacial score (nSPS) is 22.4. The molecule has 108 valence electrons. The number of hydrogen-bond donors (Lipinski definition) is 0. The monoisotopic (exact) mass is 273 g/mol. The quantitative estimate of drug-likeness (QED) is 0.784. The molecule has 0 spiro atoms. The Morgan fingerprint density at radius 3 is 2.45 bits per heavy atom. The predicted molar refractivity (Wildman–Crippen MR) is 81.1 cm³/mol. The minimum Gasteiger partial charge on any atom is -0.490 e. The Bertz CT molecular complexity index is 456. The van der Waals surface area contributed by atoms with Crippen LogP contribution in [-0.2, 0) is 0 Å². The Morgan fingerprint density at radius 2 is 1.90 bits per heavy atom. The number of nitrogens with zero attached hydrogens (tertiary/aromatic N) is 1. The van der Waals surface area contributed by atoms with E-state index >= 15 is 0 Å². The first-order valence-electron chi connectivity index (χ1n) is 7.30. The second-order valence-corrected chi connectivity index (χ2v) is 5.47. The van der Waals surface area contributed by atoms with Crippen LogP contribution in [0.25, 0.3) is 0 Å². The largest absolute Gasteiger partial charge is 0.490 e. The second kappa shape index (κ2) is 6.60. The zero-order valence-electron chi connectivity index (χ0n) is 12.3. The second-order valence-electron chi connectivity index (χ2n) is 5.47. The van der Waals surface area contributed by atoms with Crippen molar-refractivity contribution in [3.05, 3.63) is 42.5 Å². The Hall–Kier alpha value is -1.77. The zero-order valence-corrected chi connectivity index (χ0v) is 12.3. The third-order valence-corrected chi connectivity index (χ3v) is 3.90. The van der Waals surface area contributed by atoms with Crippen molar-refractivity contribution in [1.29, 1.82) is 0 Å². The van der Waals surface area contributed by atoms with Crippen LogP contribution >= 0.6 is 0 Å². The van der Waals surface area contributed by atoms with E-state index in [1.54, 1.807) is 6.08 Å². The number of benzene rings is 1. The molecule has 1 fully saturated rings. The van der Waals surface area contributed by atoms with Crippen molar-refractivity contribution in [2.45, 2.75) is 45.2 Å². The van der Waals surface area contributed by atoms with Crippen molar-refractivity contribution < 1.29 is 9.53 Å². The summed E-state index contributed by atoms with van der Waals surface area (Å²) in [6.07, 6.45) is 5.10. The SMILES string of the molecule is C=CCOc1ccc(C(=O)N2[C@H](C)CCC[C@H]2C)cc1. The van der Waals surface area contributed by atoms with Crippen LogP contribution < -0.4 is 4.74 Å². The summed E-state index contributed by atoms with van der Waals surface area (Å²) in [5, 5.41) is 0. The molecule has 1 aromatic carbocycles. The molecule has 1 aromatic rings. The minimum atomic E-state index is 0.125. The van der Waals surface area contributed by atoms with Gasteiger partial charge in [-0.3, -0.25) is 4.79 Å². The molecule has 1 aliphatic rings. The van der Waals surface area contributed by atoms with Crippen molar-refractivity contribution in [2.24, 2.45) is 0 Å². The van der Waals surface area contributed by atoms with Gasteiger partial charge in [0.15, 0.2) is 0 Å². The molecular formula is C17H23NO2. The van der Waals surface area contributed by atoms with E-state index in [9.17, 15) is 4.79 Å². The molecule has 0 aromatic heterocycles. The molecule has 0 saturated carbocycles. The van der Waals surface area contributed by atoms with Gasteiger partial charge in [-0.2, -0.15) is 0 Å². The van der Waals surface area contributed by atoms with E-state index in [4.69, 9.17) is 4.74 Å². The maximum absolute atomic E-state index is 12.6. The number of ether oxygens (including phenoxy) is 1. The fourth-order valence-corrected chi connectivity index (χ4v) is 2.82. The molecule has 1 aliphatic heterocycles. The average molecular weight is 273 g/mol. The number of likely N-dealkylation sites (tertiary alicyclic amines) is 1. The highest BCUT2D eigenvalue weighted by Gasteiger charge is 2.29. The average Bonchev–Trinajstić information content (AvgIpc) is 2.45. The van der Waals surface area contributed by atoms with Gasteiger partial charge in [-0.15, -0.1) is 0 Å². The molecule has 1 saturated heterocycles. The lowest BCUT2D eigenvalue weighted by molar-refractivity contribution is 0.0511. The van der Waals surface area contributed by atoms with Crippen molar-refractivity contribution >= 4 is 5.91 Å². The predicted octanol–water partition coefficient (Wildman–Crippen LogP) is 3.65. The van der Waals surface area contributed by atoms with Crippen molar-refractivity contribution in [3.8, 4) is 5.75 Å². The molecule has 20 heavy (non-hydrogen) atoms. The van der Waals surface area contributed by atoms with E-state index in [2.05, 4.69) is 20.4 Å². The number of piperidine rings is 1. The maximum Gasteiger partial charge on any atom is 0.254 e. The van der Waals surface area contributed by atoms with Gasteiger partial charge in [0, 0.05) is 17.6 Å². The third kappa shape index (κ3) is 3.21. The van der Waals surface area contributed by atoms with Gasteiger partial charge in [-0.05, 0) is 57.4 Å². The number of carbonyl (C=O) groups is 1. The van der Waals surface area contributed by atoms with Crippen molar-refractivity contribution in [1.82, 2.24) is 4.90 Å². The summed E-state index contributed by atoms with van der Waals surface area (Å²) in [6, 6.07) is 8.02. The van der Waals surface area contributed by atoms with E-state index in [0.29, 0.717) is 18.7 Å². The van der Waals surface area contributed by atoms with Gasteiger partial charge >= 0.3 is 0 Å². The van der Waals surface area contributed by atoms with Crippen LogP contribution in [-0.4, -0.2) is 29.5 Å². The van der Waals surface area contributed by atoms with Gasteiger partial charge in [-0.25, -0.2) is 0 Å². The van der Waals surface area contributed by atoms with Crippen LogP contribution in [0, 0.1) is 0 Å². The van der Waals surface area contributed by atoms with Crippen LogP contribution in [0.15, 0.2) is 36.9 Å². The summed E-state index contributed by atoms with van der Waals surface area (Å²) in [5.41, 5.74) is 0.733. The van der Waals surface area contributed by atoms with E-state index in [-0.39, 0.29) is 5.91 Å².